The van der Waals surface area contributed by atoms with E-state index in [0.29, 0.717) is 19.8 Å². The largest absolute Gasteiger partial charge is 0.382 e. The molecule has 1 fully saturated rings. The van der Waals surface area contributed by atoms with E-state index in [9.17, 15) is 5.11 Å². The summed E-state index contributed by atoms with van der Waals surface area (Å²) >= 11 is 0. The van der Waals surface area contributed by atoms with Crippen molar-refractivity contribution in [1.29, 1.82) is 0 Å². The Labute approximate surface area is 201 Å². The molecule has 1 saturated heterocycles. The van der Waals surface area contributed by atoms with Crippen LogP contribution in [0, 0.1) is 0 Å². The summed E-state index contributed by atoms with van der Waals surface area (Å²) in [6.07, 6.45) is -3.51. The van der Waals surface area contributed by atoms with Gasteiger partial charge in [0, 0.05) is 7.11 Å². The molecule has 6 nitrogen and oxygen atoms in total. The second kappa shape index (κ2) is 12.8. The van der Waals surface area contributed by atoms with Crippen molar-refractivity contribution in [3.05, 3.63) is 108 Å². The Morgan fingerprint density at radius 1 is 0.618 bits per heavy atom. The van der Waals surface area contributed by atoms with E-state index in [0.717, 1.165) is 16.7 Å². The number of benzene rings is 3. The zero-order valence-electron chi connectivity index (χ0n) is 19.4. The molecule has 1 N–H and O–H groups in total. The number of rotatable bonds is 11. The van der Waals surface area contributed by atoms with Crippen molar-refractivity contribution < 1.29 is 28.8 Å². The Balaban J connectivity index is 1.55. The van der Waals surface area contributed by atoms with Gasteiger partial charge in [0.15, 0.2) is 6.29 Å². The summed E-state index contributed by atoms with van der Waals surface area (Å²) < 4.78 is 30.2. The molecule has 0 saturated carbocycles. The van der Waals surface area contributed by atoms with Crippen LogP contribution >= 0.6 is 0 Å². The van der Waals surface area contributed by atoms with Crippen molar-refractivity contribution >= 4 is 0 Å². The first-order valence-electron chi connectivity index (χ1n) is 11.5. The fraction of sp³-hybridized carbons (Fsp3) is 0.357. The molecule has 1 unspecified atom stereocenters. The lowest BCUT2D eigenvalue weighted by Crippen LogP contribution is -2.61. The average molecular weight is 465 g/mol. The fourth-order valence-electron chi connectivity index (χ4n) is 4.06. The van der Waals surface area contributed by atoms with E-state index >= 15 is 0 Å². The van der Waals surface area contributed by atoms with Crippen molar-refractivity contribution in [3.8, 4) is 0 Å². The summed E-state index contributed by atoms with van der Waals surface area (Å²) in [4.78, 5) is 0. The zero-order chi connectivity index (χ0) is 23.6. The van der Waals surface area contributed by atoms with Gasteiger partial charge < -0.3 is 28.8 Å². The Morgan fingerprint density at radius 3 is 1.47 bits per heavy atom. The first-order valence-corrected chi connectivity index (χ1v) is 11.5. The maximum absolute atomic E-state index is 10.9. The molecule has 0 amide bonds. The lowest BCUT2D eigenvalue weighted by molar-refractivity contribution is -0.316. The van der Waals surface area contributed by atoms with Gasteiger partial charge in [-0.05, 0) is 16.7 Å². The third-order valence-electron chi connectivity index (χ3n) is 5.80. The Hall–Kier alpha value is -2.58. The highest BCUT2D eigenvalue weighted by Crippen LogP contribution is 2.29. The smallest absolute Gasteiger partial charge is 0.184 e. The Bertz CT molecular complexity index is 952. The van der Waals surface area contributed by atoms with Crippen LogP contribution in [0.2, 0.25) is 0 Å². The van der Waals surface area contributed by atoms with E-state index in [-0.39, 0.29) is 6.61 Å². The van der Waals surface area contributed by atoms with E-state index in [4.69, 9.17) is 23.7 Å². The molecule has 0 bridgehead atoms. The molecule has 6 heteroatoms. The minimum absolute atomic E-state index is 0.257. The first kappa shape index (κ1) is 24.5. The minimum Gasteiger partial charge on any atom is -0.382 e. The predicted molar refractivity (Wildman–Crippen MR) is 128 cm³/mol. The number of ether oxygens (including phenoxy) is 5. The van der Waals surface area contributed by atoms with Gasteiger partial charge in [-0.3, -0.25) is 0 Å². The van der Waals surface area contributed by atoms with Crippen LogP contribution in [0.5, 0.6) is 0 Å². The highest BCUT2D eigenvalue weighted by atomic mass is 16.7. The highest BCUT2D eigenvalue weighted by molar-refractivity contribution is 5.15. The van der Waals surface area contributed by atoms with Crippen LogP contribution in [0.3, 0.4) is 0 Å². The summed E-state index contributed by atoms with van der Waals surface area (Å²) in [5.74, 6) is 0. The molecule has 3 aromatic rings. The molecule has 3 aromatic carbocycles. The molecule has 180 valence electrons. The molecule has 1 heterocycles. The molecule has 0 spiro atoms. The van der Waals surface area contributed by atoms with E-state index in [2.05, 4.69) is 0 Å². The number of aliphatic hydroxyl groups is 1. The van der Waals surface area contributed by atoms with Gasteiger partial charge in [-0.25, -0.2) is 0 Å². The van der Waals surface area contributed by atoms with Gasteiger partial charge >= 0.3 is 0 Å². The highest BCUT2D eigenvalue weighted by Gasteiger charge is 2.47. The minimum atomic E-state index is -1.18. The second-order valence-electron chi connectivity index (χ2n) is 8.30. The van der Waals surface area contributed by atoms with Crippen LogP contribution in [0.15, 0.2) is 91.0 Å². The first-order chi connectivity index (χ1) is 16.7. The van der Waals surface area contributed by atoms with Gasteiger partial charge in [-0.1, -0.05) is 91.0 Å². The van der Waals surface area contributed by atoms with Crippen molar-refractivity contribution in [2.75, 3.05) is 13.7 Å². The lowest BCUT2D eigenvalue weighted by atomic mass is 9.98. The monoisotopic (exact) mass is 464 g/mol. The molecule has 4 rings (SSSR count). The van der Waals surface area contributed by atoms with Crippen LogP contribution < -0.4 is 0 Å². The summed E-state index contributed by atoms with van der Waals surface area (Å²) in [5, 5.41) is 10.9. The molecular formula is C28H32O6. The van der Waals surface area contributed by atoms with E-state index in [1.165, 1.54) is 0 Å². The molecule has 1 aliphatic rings. The Morgan fingerprint density at radius 2 is 1.03 bits per heavy atom. The molecule has 34 heavy (non-hydrogen) atoms. The van der Waals surface area contributed by atoms with E-state index < -0.39 is 30.7 Å². The second-order valence-corrected chi connectivity index (χ2v) is 8.30. The Kier molecular flexibility index (Phi) is 9.21. The number of hydrogen-bond acceptors (Lipinski definition) is 6. The van der Waals surface area contributed by atoms with Crippen LogP contribution in [-0.2, 0) is 43.5 Å². The van der Waals surface area contributed by atoms with Crippen molar-refractivity contribution in [2.45, 2.75) is 50.5 Å². The topological polar surface area (TPSA) is 66.4 Å². The standard InChI is InChI=1S/C28H32O6/c1-30-20-24-25(31-17-21-11-5-2-6-12-21)26(32-18-22-13-7-3-8-14-22)27(28(29)34-24)33-19-23-15-9-4-10-16-23/h2-16,24-29H,17-20H2,1H3/t24-,25-,26+,27-,28?/m1/s1. The number of hydrogen-bond donors (Lipinski definition) is 1. The summed E-state index contributed by atoms with van der Waals surface area (Å²) in [5.41, 5.74) is 3.06. The zero-order valence-corrected chi connectivity index (χ0v) is 19.4. The van der Waals surface area contributed by atoms with Crippen LogP contribution in [-0.4, -0.2) is 49.5 Å². The molecular weight excluding hydrogens is 432 g/mol. The van der Waals surface area contributed by atoms with Crippen LogP contribution in [0.1, 0.15) is 16.7 Å². The third kappa shape index (κ3) is 6.73. The van der Waals surface area contributed by atoms with Gasteiger partial charge in [0.25, 0.3) is 0 Å². The summed E-state index contributed by atoms with van der Waals surface area (Å²) in [7, 11) is 1.60. The maximum Gasteiger partial charge on any atom is 0.184 e. The van der Waals surface area contributed by atoms with Gasteiger partial charge in [-0.15, -0.1) is 0 Å². The predicted octanol–water partition coefficient (Wildman–Crippen LogP) is 4.11. The van der Waals surface area contributed by atoms with E-state index in [1.54, 1.807) is 7.11 Å². The molecule has 5 atom stereocenters. The van der Waals surface area contributed by atoms with E-state index in [1.807, 2.05) is 91.0 Å². The van der Waals surface area contributed by atoms with Gasteiger partial charge in [-0.2, -0.15) is 0 Å². The van der Waals surface area contributed by atoms with Crippen molar-refractivity contribution in [1.82, 2.24) is 0 Å². The molecule has 0 aromatic heterocycles. The SMILES string of the molecule is COC[C@H]1OC(O)[C@H](OCc2ccccc2)[C@@H](OCc2ccccc2)[C@@H]1OCc1ccccc1. The molecule has 1 aliphatic heterocycles. The van der Waals surface area contributed by atoms with Crippen LogP contribution in [0.25, 0.3) is 0 Å². The quantitative estimate of drug-likeness (QED) is 0.461. The van der Waals surface area contributed by atoms with Crippen molar-refractivity contribution in [2.24, 2.45) is 0 Å². The summed E-state index contributed by atoms with van der Waals surface area (Å²) in [6, 6.07) is 29.7. The van der Waals surface area contributed by atoms with Gasteiger partial charge in [0.1, 0.15) is 24.4 Å². The molecule has 0 aliphatic carbocycles. The van der Waals surface area contributed by atoms with Gasteiger partial charge in [0.2, 0.25) is 0 Å². The lowest BCUT2D eigenvalue weighted by Gasteiger charge is -2.44. The molecule has 0 radical (unpaired) electrons. The third-order valence-corrected chi connectivity index (χ3v) is 5.80. The number of methoxy groups -OCH3 is 1. The van der Waals surface area contributed by atoms with Gasteiger partial charge in [0.05, 0.1) is 26.4 Å². The van der Waals surface area contributed by atoms with Crippen LogP contribution in [0.4, 0.5) is 0 Å². The van der Waals surface area contributed by atoms with Crippen molar-refractivity contribution in [3.63, 3.8) is 0 Å². The summed E-state index contributed by atoms with van der Waals surface area (Å²) in [6.45, 7) is 1.31. The average Bonchev–Trinajstić information content (AvgIpc) is 2.88. The number of aliphatic hydroxyl groups excluding tert-OH is 1. The fourth-order valence-corrected chi connectivity index (χ4v) is 4.06. The normalized spacial score (nSPS) is 24.7. The maximum atomic E-state index is 10.9.